The number of anilines is 1. The van der Waals surface area contributed by atoms with E-state index in [2.05, 4.69) is 17.2 Å². The molecule has 3 aromatic rings. The van der Waals surface area contributed by atoms with Crippen molar-refractivity contribution in [2.45, 2.75) is 19.8 Å². The van der Waals surface area contributed by atoms with Crippen LogP contribution in [0.25, 0.3) is 11.3 Å². The number of hydrogen-bond donors (Lipinski definition) is 1. The van der Waals surface area contributed by atoms with Crippen molar-refractivity contribution < 1.29 is 13.9 Å². The predicted molar refractivity (Wildman–Crippen MR) is 96.7 cm³/mol. The molecule has 1 N–H and O–H groups in total. The van der Waals surface area contributed by atoms with E-state index < -0.39 is 0 Å². The predicted octanol–water partition coefficient (Wildman–Crippen LogP) is 4.77. The molecular weight excluding hydrogens is 316 g/mol. The number of nitrogens with zero attached hydrogens (tertiary/aromatic N) is 1. The number of rotatable bonds is 7. The van der Waals surface area contributed by atoms with Gasteiger partial charge in [0.15, 0.2) is 12.2 Å². The molecule has 1 aromatic heterocycles. The molecule has 2 aromatic carbocycles. The van der Waals surface area contributed by atoms with Gasteiger partial charge in [0.25, 0.3) is 5.91 Å². The average Bonchev–Trinajstić information content (AvgIpc) is 3.18. The first-order chi connectivity index (χ1) is 12.3. The Bertz CT molecular complexity index is 794. The van der Waals surface area contributed by atoms with Crippen molar-refractivity contribution in [2.75, 3.05) is 11.9 Å². The summed E-state index contributed by atoms with van der Waals surface area (Å²) in [5.41, 5.74) is 2.21. The van der Waals surface area contributed by atoms with E-state index in [1.807, 2.05) is 36.4 Å². The summed E-state index contributed by atoms with van der Waals surface area (Å²) in [5, 5.41) is 2.88. The Morgan fingerprint density at radius 1 is 1.12 bits per heavy atom. The lowest BCUT2D eigenvalue weighted by Gasteiger charge is -2.08. The number of hydrogen-bond acceptors (Lipinski definition) is 4. The zero-order valence-corrected chi connectivity index (χ0v) is 14.1. The summed E-state index contributed by atoms with van der Waals surface area (Å²) in [5.74, 6) is 1.31. The first kappa shape index (κ1) is 16.8. The maximum atomic E-state index is 12.3. The van der Waals surface area contributed by atoms with Crippen LogP contribution in [0.4, 0.5) is 5.69 Å². The molecule has 0 fully saturated rings. The van der Waals surface area contributed by atoms with E-state index >= 15 is 0 Å². The van der Waals surface area contributed by atoms with Gasteiger partial charge in [-0.2, -0.15) is 0 Å². The van der Waals surface area contributed by atoms with Crippen LogP contribution in [0.15, 0.2) is 65.5 Å². The van der Waals surface area contributed by atoms with Gasteiger partial charge in [0.2, 0.25) is 0 Å². The molecule has 0 unspecified atom stereocenters. The van der Waals surface area contributed by atoms with E-state index in [4.69, 9.17) is 9.15 Å². The molecule has 0 aliphatic heterocycles. The van der Waals surface area contributed by atoms with Gasteiger partial charge in [-0.1, -0.05) is 13.3 Å². The van der Waals surface area contributed by atoms with E-state index in [0.717, 1.165) is 29.8 Å². The summed E-state index contributed by atoms with van der Waals surface area (Å²) in [4.78, 5) is 16.2. The van der Waals surface area contributed by atoms with Gasteiger partial charge >= 0.3 is 0 Å². The summed E-state index contributed by atoms with van der Waals surface area (Å²) in [6.45, 7) is 2.81. The summed E-state index contributed by atoms with van der Waals surface area (Å²) < 4.78 is 10.8. The maximum absolute atomic E-state index is 12.3. The van der Waals surface area contributed by atoms with Crippen molar-refractivity contribution in [1.29, 1.82) is 0 Å². The number of aromatic nitrogens is 1. The summed E-state index contributed by atoms with van der Waals surface area (Å²) in [7, 11) is 0. The van der Waals surface area contributed by atoms with E-state index in [-0.39, 0.29) is 5.91 Å². The minimum atomic E-state index is -0.160. The van der Waals surface area contributed by atoms with Gasteiger partial charge in [0.05, 0.1) is 12.8 Å². The van der Waals surface area contributed by atoms with E-state index in [0.29, 0.717) is 17.9 Å². The van der Waals surface area contributed by atoms with Crippen LogP contribution < -0.4 is 10.1 Å². The third-order valence-corrected chi connectivity index (χ3v) is 3.74. The Hall–Kier alpha value is -3.08. The van der Waals surface area contributed by atoms with Gasteiger partial charge in [0.1, 0.15) is 5.75 Å². The van der Waals surface area contributed by atoms with E-state index in [9.17, 15) is 4.79 Å². The number of unbranched alkanes of at least 4 members (excludes halogenated alkanes) is 1. The second kappa shape index (κ2) is 8.15. The molecule has 1 heterocycles. The fourth-order valence-corrected chi connectivity index (χ4v) is 2.32. The van der Waals surface area contributed by atoms with Gasteiger partial charge in [-0.15, -0.1) is 0 Å². The van der Waals surface area contributed by atoms with E-state index in [1.54, 1.807) is 18.3 Å². The minimum absolute atomic E-state index is 0.160. The molecule has 0 radical (unpaired) electrons. The van der Waals surface area contributed by atoms with Crippen LogP contribution in [0, 0.1) is 0 Å². The monoisotopic (exact) mass is 336 g/mol. The number of carbonyl (C=O) groups is 1. The lowest BCUT2D eigenvalue weighted by Crippen LogP contribution is -2.11. The largest absolute Gasteiger partial charge is 0.494 e. The molecule has 5 nitrogen and oxygen atoms in total. The Balaban J connectivity index is 1.60. The zero-order chi connectivity index (χ0) is 17.5. The number of nitrogens with one attached hydrogen (secondary N) is 1. The number of ether oxygens (including phenoxy) is 1. The molecule has 0 aliphatic rings. The van der Waals surface area contributed by atoms with Crippen molar-refractivity contribution in [3.63, 3.8) is 0 Å². The highest BCUT2D eigenvalue weighted by atomic mass is 16.5. The highest BCUT2D eigenvalue weighted by Gasteiger charge is 2.07. The molecule has 25 heavy (non-hydrogen) atoms. The standard InChI is InChI=1S/C20H20N2O3/c1-2-3-12-24-18-10-6-16(7-11-18)20(23)22-17-8-4-15(5-9-17)19-13-21-14-25-19/h4-11,13-14H,2-3,12H2,1H3,(H,22,23). The Labute approximate surface area is 146 Å². The van der Waals surface area contributed by atoms with Gasteiger partial charge in [-0.05, 0) is 55.0 Å². The molecule has 5 heteroatoms. The smallest absolute Gasteiger partial charge is 0.255 e. The summed E-state index contributed by atoms with van der Waals surface area (Å²) in [6.07, 6.45) is 5.15. The third-order valence-electron chi connectivity index (χ3n) is 3.74. The summed E-state index contributed by atoms with van der Waals surface area (Å²) in [6, 6.07) is 14.6. The SMILES string of the molecule is CCCCOc1ccc(C(=O)Nc2ccc(-c3cnco3)cc2)cc1. The molecule has 1 amide bonds. The van der Waals surface area contributed by atoms with Crippen LogP contribution in [-0.2, 0) is 0 Å². The van der Waals surface area contributed by atoms with Crippen molar-refractivity contribution in [3.05, 3.63) is 66.7 Å². The van der Waals surface area contributed by atoms with Crippen molar-refractivity contribution in [1.82, 2.24) is 4.98 Å². The molecule has 0 bridgehead atoms. The minimum Gasteiger partial charge on any atom is -0.494 e. The molecule has 3 rings (SSSR count). The average molecular weight is 336 g/mol. The molecule has 0 spiro atoms. The quantitative estimate of drug-likeness (QED) is 0.631. The molecular formula is C20H20N2O3. The molecule has 0 saturated heterocycles. The fraction of sp³-hybridized carbons (Fsp3) is 0.200. The lowest BCUT2D eigenvalue weighted by molar-refractivity contribution is 0.102. The van der Waals surface area contributed by atoms with Crippen LogP contribution >= 0.6 is 0 Å². The van der Waals surface area contributed by atoms with E-state index in [1.165, 1.54) is 6.39 Å². The number of carbonyl (C=O) groups excluding carboxylic acids is 1. The third kappa shape index (κ3) is 4.47. The van der Waals surface area contributed by atoms with Crippen LogP contribution in [0.1, 0.15) is 30.1 Å². The van der Waals surface area contributed by atoms with Crippen molar-refractivity contribution in [3.8, 4) is 17.1 Å². The van der Waals surface area contributed by atoms with Gasteiger partial charge < -0.3 is 14.5 Å². The van der Waals surface area contributed by atoms with Crippen molar-refractivity contribution >= 4 is 11.6 Å². The number of benzene rings is 2. The Morgan fingerprint density at radius 2 is 1.88 bits per heavy atom. The number of oxazole rings is 1. The molecule has 0 aliphatic carbocycles. The van der Waals surface area contributed by atoms with Crippen LogP contribution in [0.2, 0.25) is 0 Å². The lowest BCUT2D eigenvalue weighted by atomic mass is 10.1. The van der Waals surface area contributed by atoms with Crippen LogP contribution in [-0.4, -0.2) is 17.5 Å². The van der Waals surface area contributed by atoms with Crippen LogP contribution in [0.5, 0.6) is 5.75 Å². The molecule has 128 valence electrons. The maximum Gasteiger partial charge on any atom is 0.255 e. The zero-order valence-electron chi connectivity index (χ0n) is 14.1. The second-order valence-corrected chi connectivity index (χ2v) is 5.62. The summed E-state index contributed by atoms with van der Waals surface area (Å²) >= 11 is 0. The molecule has 0 atom stereocenters. The first-order valence-corrected chi connectivity index (χ1v) is 8.29. The van der Waals surface area contributed by atoms with Gasteiger partial charge in [-0.25, -0.2) is 4.98 Å². The fourth-order valence-electron chi connectivity index (χ4n) is 2.32. The van der Waals surface area contributed by atoms with Gasteiger partial charge in [-0.3, -0.25) is 4.79 Å². The normalized spacial score (nSPS) is 10.4. The second-order valence-electron chi connectivity index (χ2n) is 5.62. The highest BCUT2D eigenvalue weighted by Crippen LogP contribution is 2.21. The molecule has 0 saturated carbocycles. The number of amides is 1. The Kier molecular flexibility index (Phi) is 5.46. The van der Waals surface area contributed by atoms with Crippen LogP contribution in [0.3, 0.4) is 0 Å². The topological polar surface area (TPSA) is 64.4 Å². The van der Waals surface area contributed by atoms with Gasteiger partial charge in [0, 0.05) is 16.8 Å². The Morgan fingerprint density at radius 3 is 2.52 bits per heavy atom. The first-order valence-electron chi connectivity index (χ1n) is 8.29. The highest BCUT2D eigenvalue weighted by molar-refractivity contribution is 6.04. The van der Waals surface area contributed by atoms with Crippen molar-refractivity contribution in [2.24, 2.45) is 0 Å².